The van der Waals surface area contributed by atoms with E-state index < -0.39 is 8.07 Å². The van der Waals surface area contributed by atoms with Crippen LogP contribution in [0.25, 0.3) is 76.5 Å². The zero-order valence-electron chi connectivity index (χ0n) is 37.3. The molecule has 0 radical (unpaired) electrons. The minimum absolute atomic E-state index is 0.0259. The van der Waals surface area contributed by atoms with Crippen LogP contribution in [0.15, 0.2) is 145 Å². The summed E-state index contributed by atoms with van der Waals surface area (Å²) in [5.74, 6) is 3.85. The number of hydrogen-bond acceptors (Lipinski definition) is 0. The highest BCUT2D eigenvalue weighted by Crippen LogP contribution is 2.60. The average Bonchev–Trinajstić information content (AvgIpc) is 3.23. The predicted octanol–water partition coefficient (Wildman–Crippen LogP) is 14.4. The second kappa shape index (κ2) is 12.3. The molecule has 4 saturated carbocycles. The van der Waals surface area contributed by atoms with Crippen molar-refractivity contribution in [2.45, 2.75) is 57.7 Å². The van der Waals surface area contributed by atoms with Gasteiger partial charge in [-0.2, -0.15) is 0 Å². The van der Waals surface area contributed by atoms with E-state index in [1.165, 1.54) is 37.7 Å². The van der Waals surface area contributed by atoms with Crippen molar-refractivity contribution in [2.75, 3.05) is 0 Å². The van der Waals surface area contributed by atoms with Gasteiger partial charge in [0.2, 0.25) is 0 Å². The third-order valence-corrected chi connectivity index (χ3v) is 15.0. The highest BCUT2D eigenvalue weighted by Gasteiger charge is 2.48. The fourth-order valence-electron chi connectivity index (χ4n) is 11.1. The molecule has 0 nitrogen and oxygen atoms in total. The van der Waals surface area contributed by atoms with E-state index >= 15 is 0 Å². The lowest BCUT2D eigenvalue weighted by atomic mass is 9.51. The predicted molar refractivity (Wildman–Crippen MR) is 236 cm³/mol. The van der Waals surface area contributed by atoms with Crippen LogP contribution in [0.2, 0.25) is 19.6 Å². The molecule has 0 unspecified atom stereocenters. The van der Waals surface area contributed by atoms with E-state index in [0.717, 1.165) is 61.9 Å². The van der Waals surface area contributed by atoms with Gasteiger partial charge in [-0.25, -0.2) is 0 Å². The summed E-state index contributed by atoms with van der Waals surface area (Å²) >= 11 is 0. The molecule has 4 fully saturated rings. The molecule has 0 N–H and O–H groups in total. The van der Waals surface area contributed by atoms with Crippen LogP contribution in [-0.2, 0) is 0 Å². The molecule has 8 aromatic carbocycles. The van der Waals surface area contributed by atoms with Gasteiger partial charge in [0.05, 0.1) is 16.3 Å². The van der Waals surface area contributed by atoms with Crippen molar-refractivity contribution in [1.29, 1.82) is 0 Å². The number of benzene rings is 8. The first-order valence-corrected chi connectivity index (χ1v) is 23.5. The maximum absolute atomic E-state index is 10.4. The largest absolute Gasteiger partial charge is 0.0776 e. The molecular formula is C53H48Si. The van der Waals surface area contributed by atoms with Crippen molar-refractivity contribution in [3.63, 3.8) is 0 Å². The fraction of sp³-hybridized carbons (Fsp3) is 0.245. The fourth-order valence-corrected chi connectivity index (χ4v) is 12.1. The van der Waals surface area contributed by atoms with Gasteiger partial charge in [-0.1, -0.05) is 164 Å². The number of fused-ring (bicyclic) bond motifs is 4. The van der Waals surface area contributed by atoms with Gasteiger partial charge < -0.3 is 0 Å². The monoisotopic (exact) mass is 718 g/mol. The van der Waals surface area contributed by atoms with Crippen molar-refractivity contribution in [1.82, 2.24) is 0 Å². The van der Waals surface area contributed by atoms with Crippen molar-refractivity contribution in [3.8, 4) is 33.4 Å². The smallest absolute Gasteiger partial charge is 0.0656 e. The normalized spacial score (nSPS) is 23.7. The molecule has 0 spiro atoms. The second-order valence-corrected chi connectivity index (χ2v) is 22.6. The lowest BCUT2D eigenvalue weighted by molar-refractivity contribution is -0.00273. The number of rotatable bonds is 5. The summed E-state index contributed by atoms with van der Waals surface area (Å²) in [7, 11) is -2.39. The molecule has 4 bridgehead atoms. The molecule has 1 heteroatoms. The highest BCUT2D eigenvalue weighted by atomic mass is 28.3. The Kier molecular flexibility index (Phi) is 6.07. The van der Waals surface area contributed by atoms with Crippen LogP contribution < -0.4 is 5.19 Å². The standard InChI is InChI=1S/C53H48Si/c1-54(2,3)42-21-24-48-50(32-42)53(46-18-10-15-37-30-39(20-22-45(37)46)51-40-26-33-25-34(28-40)29-41(51)27-33)49-31-38(44-17-9-14-35-11-7-8-16-43(35)44)19-23-47(49)52(48)36-12-5-4-6-13-36/h4-24,30-34,40-41,51H,25-29H2,1-3H3/i19D,21D,23D,24D,31D,32D. The number of hydrogen-bond donors (Lipinski definition) is 0. The third-order valence-electron chi connectivity index (χ3n) is 13.3. The van der Waals surface area contributed by atoms with Crippen molar-refractivity contribution >= 4 is 56.4 Å². The Hall–Kier alpha value is -4.98. The minimum Gasteiger partial charge on any atom is -0.0656 e. The van der Waals surface area contributed by atoms with Gasteiger partial charge in [0.15, 0.2) is 0 Å². The Morgan fingerprint density at radius 3 is 1.87 bits per heavy atom. The van der Waals surface area contributed by atoms with Crippen LogP contribution in [-0.4, -0.2) is 8.07 Å². The second-order valence-electron chi connectivity index (χ2n) is 17.6. The van der Waals surface area contributed by atoms with Crippen molar-refractivity contribution in [2.24, 2.45) is 23.7 Å². The van der Waals surface area contributed by atoms with Crippen LogP contribution >= 0.6 is 0 Å². The first-order chi connectivity index (χ1) is 28.9. The lowest BCUT2D eigenvalue weighted by Crippen LogP contribution is -2.43. The topological polar surface area (TPSA) is 0 Å². The first-order valence-electron chi connectivity index (χ1n) is 23.0. The van der Waals surface area contributed by atoms with Crippen LogP contribution in [0.4, 0.5) is 0 Å². The Bertz CT molecular complexity index is 3080. The summed E-state index contributed by atoms with van der Waals surface area (Å²) < 4.78 is 59.7. The maximum Gasteiger partial charge on any atom is 0.0776 e. The molecule has 4 aliphatic carbocycles. The molecule has 0 amide bonds. The van der Waals surface area contributed by atoms with E-state index in [1.807, 2.05) is 72.8 Å². The Labute approximate surface area is 329 Å². The maximum atomic E-state index is 10.4. The minimum atomic E-state index is -2.39. The average molecular weight is 719 g/mol. The van der Waals surface area contributed by atoms with Crippen LogP contribution in [0.5, 0.6) is 0 Å². The van der Waals surface area contributed by atoms with Crippen molar-refractivity contribution in [3.05, 3.63) is 151 Å². The molecule has 12 rings (SSSR count). The van der Waals surface area contributed by atoms with E-state index in [9.17, 15) is 8.22 Å². The van der Waals surface area contributed by atoms with Crippen LogP contribution in [0.3, 0.4) is 0 Å². The highest BCUT2D eigenvalue weighted by molar-refractivity contribution is 6.88. The summed E-state index contributed by atoms with van der Waals surface area (Å²) in [5, 5.41) is 6.53. The van der Waals surface area contributed by atoms with E-state index in [0.29, 0.717) is 49.3 Å². The molecule has 0 aliphatic heterocycles. The summed E-state index contributed by atoms with van der Waals surface area (Å²) in [4.78, 5) is 0. The SMILES string of the molecule is [2H]c1c(-c2cccc3ccccc23)c([2H])c2c(-c3cccc4cc(C5C6CC7CC(C6)CC5C7)ccc34)c3c([2H])c([Si](C)(C)C)c([2H])c([2H])c3c(-c3ccccc3)c2c1[2H]. The van der Waals surface area contributed by atoms with E-state index in [4.69, 9.17) is 0 Å². The summed E-state index contributed by atoms with van der Waals surface area (Å²) in [5.41, 5.74) is 5.29. The third kappa shape index (κ3) is 5.15. The Morgan fingerprint density at radius 2 is 1.11 bits per heavy atom. The molecule has 0 aromatic heterocycles. The lowest BCUT2D eigenvalue weighted by Gasteiger charge is -2.54. The molecule has 4 aliphatic rings. The van der Waals surface area contributed by atoms with Gasteiger partial charge in [-0.3, -0.25) is 0 Å². The zero-order chi connectivity index (χ0) is 41.4. The molecule has 0 atom stereocenters. The molecule has 54 heavy (non-hydrogen) atoms. The van der Waals surface area contributed by atoms with Gasteiger partial charge in [-0.05, 0) is 150 Å². The zero-order valence-corrected chi connectivity index (χ0v) is 32.3. The summed E-state index contributed by atoms with van der Waals surface area (Å²) in [6.45, 7) is 6.40. The summed E-state index contributed by atoms with van der Waals surface area (Å²) in [6, 6.07) is 37.4. The van der Waals surface area contributed by atoms with Gasteiger partial charge in [0.1, 0.15) is 0 Å². The van der Waals surface area contributed by atoms with Gasteiger partial charge in [0, 0.05) is 0 Å². The van der Waals surface area contributed by atoms with E-state index in [2.05, 4.69) is 56.0 Å². The van der Waals surface area contributed by atoms with Crippen molar-refractivity contribution < 1.29 is 8.22 Å². The van der Waals surface area contributed by atoms with Crippen LogP contribution in [0, 0.1) is 23.7 Å². The van der Waals surface area contributed by atoms with Gasteiger partial charge >= 0.3 is 0 Å². The first kappa shape index (κ1) is 26.7. The van der Waals surface area contributed by atoms with Gasteiger partial charge in [-0.15, -0.1) is 0 Å². The molecule has 264 valence electrons. The van der Waals surface area contributed by atoms with Gasteiger partial charge in [0.25, 0.3) is 0 Å². The summed E-state index contributed by atoms with van der Waals surface area (Å²) in [6.07, 6.45) is 6.81. The van der Waals surface area contributed by atoms with E-state index in [-0.39, 0.29) is 36.3 Å². The Morgan fingerprint density at radius 1 is 0.481 bits per heavy atom. The Balaban J connectivity index is 1.31. The van der Waals surface area contributed by atoms with E-state index in [1.54, 1.807) is 0 Å². The molecule has 0 heterocycles. The molecule has 0 saturated heterocycles. The van der Waals surface area contributed by atoms with Crippen LogP contribution in [0.1, 0.15) is 51.8 Å². The molecule has 8 aromatic rings. The quantitative estimate of drug-likeness (QED) is 0.123. The molecular weight excluding hydrogens is 665 g/mol.